The van der Waals surface area contributed by atoms with Crippen molar-refractivity contribution in [1.29, 1.82) is 0 Å². The van der Waals surface area contributed by atoms with Gasteiger partial charge in [-0.25, -0.2) is 0 Å². The second-order valence-corrected chi connectivity index (χ2v) is 8.73. The Kier molecular flexibility index (Phi) is 8.81. The molecule has 0 saturated carbocycles. The van der Waals surface area contributed by atoms with Crippen LogP contribution in [0.25, 0.3) is 0 Å². The summed E-state index contributed by atoms with van der Waals surface area (Å²) < 4.78 is 24.0. The number of anilines is 2. The average molecular weight is 472 g/mol. The number of para-hydroxylation sites is 2. The lowest BCUT2D eigenvalue weighted by Gasteiger charge is -2.19. The van der Waals surface area contributed by atoms with Crippen molar-refractivity contribution in [3.63, 3.8) is 0 Å². The van der Waals surface area contributed by atoms with Gasteiger partial charge in [-0.15, -0.1) is 9.05 Å². The maximum absolute atomic E-state index is 12.7. The molecule has 0 bridgehead atoms. The third-order valence-electron chi connectivity index (χ3n) is 5.33. The van der Waals surface area contributed by atoms with Crippen LogP contribution < -0.4 is 10.6 Å². The molecule has 4 aromatic rings. The first-order valence-corrected chi connectivity index (χ1v) is 12.3. The molecule has 4 aromatic carbocycles. The second-order valence-electron chi connectivity index (χ2n) is 7.76. The molecule has 6 heteroatoms. The molecule has 2 N–H and O–H groups in total. The quantitative estimate of drug-likeness (QED) is 0.211. The third-order valence-corrected chi connectivity index (χ3v) is 6.05. The molecule has 0 fully saturated rings. The number of benzene rings is 4. The molecule has 172 valence electrons. The fourth-order valence-corrected chi connectivity index (χ4v) is 4.21. The van der Waals surface area contributed by atoms with E-state index in [-0.39, 0.29) is 25.3 Å². The topological polar surface area (TPSA) is 59.6 Å². The minimum absolute atomic E-state index is 0.168. The lowest BCUT2D eigenvalue weighted by molar-refractivity contribution is 0.213. The summed E-state index contributed by atoms with van der Waals surface area (Å²) in [5.74, 6) is 0. The predicted octanol–water partition coefficient (Wildman–Crippen LogP) is 7.38. The Morgan fingerprint density at radius 3 is 1.21 bits per heavy atom. The summed E-state index contributed by atoms with van der Waals surface area (Å²) in [6.45, 7) is 0.409. The van der Waals surface area contributed by atoms with Crippen LogP contribution in [0, 0.1) is 0 Å². The molecule has 0 aromatic heterocycles. The molecule has 5 nitrogen and oxygen atoms in total. The van der Waals surface area contributed by atoms with Gasteiger partial charge in [-0.2, -0.15) is 0 Å². The predicted molar refractivity (Wildman–Crippen MR) is 138 cm³/mol. The molecule has 4 rings (SSSR count). The summed E-state index contributed by atoms with van der Waals surface area (Å²) in [7, 11) is -2.31. The molecule has 2 unspecified atom stereocenters. The van der Waals surface area contributed by atoms with Crippen molar-refractivity contribution < 1.29 is 13.6 Å². The zero-order valence-corrected chi connectivity index (χ0v) is 19.7. The van der Waals surface area contributed by atoms with Crippen LogP contribution in [0.2, 0.25) is 0 Å². The summed E-state index contributed by atoms with van der Waals surface area (Å²) in [5.41, 5.74) is 4.02. The normalized spacial score (nSPS) is 13.0. The van der Waals surface area contributed by atoms with E-state index in [0.29, 0.717) is 0 Å². The van der Waals surface area contributed by atoms with Crippen LogP contribution in [0.1, 0.15) is 23.2 Å². The van der Waals surface area contributed by atoms with Gasteiger partial charge in [-0.05, 0) is 35.4 Å². The standard InChI is InChI=1S/C28H28N2O3P/c31-34(32-21-27(23-13-5-1-6-14-23)29-25-17-9-3-10-18-25)33-22-28(24-15-7-2-8-16-24)30-26-19-11-4-12-20-26/h1-20,27-30H,21-22H2/q+1. The van der Waals surface area contributed by atoms with Crippen molar-refractivity contribution in [2.75, 3.05) is 23.8 Å². The van der Waals surface area contributed by atoms with E-state index >= 15 is 0 Å². The van der Waals surface area contributed by atoms with Gasteiger partial charge in [0.25, 0.3) is 0 Å². The van der Waals surface area contributed by atoms with E-state index in [0.717, 1.165) is 22.5 Å². The van der Waals surface area contributed by atoms with E-state index in [9.17, 15) is 4.57 Å². The van der Waals surface area contributed by atoms with Crippen LogP contribution >= 0.6 is 8.25 Å². The fourth-order valence-electron chi connectivity index (χ4n) is 3.59. The van der Waals surface area contributed by atoms with Crippen molar-refractivity contribution in [2.24, 2.45) is 0 Å². The first kappa shape index (κ1) is 23.7. The Labute approximate surface area is 201 Å². The molecular weight excluding hydrogens is 443 g/mol. The average Bonchev–Trinajstić information content (AvgIpc) is 2.91. The zero-order valence-electron chi connectivity index (χ0n) is 18.8. The fraction of sp³-hybridized carbons (Fsp3) is 0.143. The Bertz CT molecular complexity index is 1040. The van der Waals surface area contributed by atoms with Crippen molar-refractivity contribution in [3.8, 4) is 0 Å². The molecule has 0 spiro atoms. The van der Waals surface area contributed by atoms with Crippen molar-refractivity contribution in [3.05, 3.63) is 132 Å². The molecule has 0 aliphatic heterocycles. The van der Waals surface area contributed by atoms with Gasteiger partial charge in [0.1, 0.15) is 13.2 Å². The first-order valence-electron chi connectivity index (χ1n) is 11.2. The second kappa shape index (κ2) is 12.7. The summed E-state index contributed by atoms with van der Waals surface area (Å²) in [6.07, 6.45) is 0. The Morgan fingerprint density at radius 1 is 0.529 bits per heavy atom. The van der Waals surface area contributed by atoms with Crippen LogP contribution in [0.4, 0.5) is 11.4 Å². The monoisotopic (exact) mass is 471 g/mol. The van der Waals surface area contributed by atoms with E-state index in [2.05, 4.69) is 10.6 Å². The van der Waals surface area contributed by atoms with Gasteiger partial charge in [0.15, 0.2) is 0 Å². The number of hydrogen-bond acceptors (Lipinski definition) is 5. The molecule has 2 atom stereocenters. The van der Waals surface area contributed by atoms with Gasteiger partial charge in [0.2, 0.25) is 0 Å². The van der Waals surface area contributed by atoms with Crippen LogP contribution in [0.15, 0.2) is 121 Å². The van der Waals surface area contributed by atoms with Gasteiger partial charge in [-0.3, -0.25) is 0 Å². The van der Waals surface area contributed by atoms with Gasteiger partial charge >= 0.3 is 8.25 Å². The highest BCUT2D eigenvalue weighted by atomic mass is 31.1. The zero-order chi connectivity index (χ0) is 23.4. The summed E-state index contributed by atoms with van der Waals surface area (Å²) >= 11 is 0. The summed E-state index contributed by atoms with van der Waals surface area (Å²) in [4.78, 5) is 0. The Hall–Kier alpha value is -3.50. The maximum atomic E-state index is 12.7. The SMILES string of the molecule is O=[P+](OCC(Nc1ccccc1)c1ccccc1)OCC(Nc1ccccc1)c1ccccc1. The highest BCUT2D eigenvalue weighted by Crippen LogP contribution is 2.31. The molecule has 0 heterocycles. The van der Waals surface area contributed by atoms with Crippen LogP contribution in [-0.4, -0.2) is 13.2 Å². The van der Waals surface area contributed by atoms with Gasteiger partial charge in [-0.1, -0.05) is 97.1 Å². The summed E-state index contributed by atoms with van der Waals surface area (Å²) in [5, 5.41) is 6.91. The number of nitrogens with one attached hydrogen (secondary N) is 2. The summed E-state index contributed by atoms with van der Waals surface area (Å²) in [6, 6.07) is 39.4. The van der Waals surface area contributed by atoms with E-state index in [1.165, 1.54) is 0 Å². The maximum Gasteiger partial charge on any atom is 0.697 e. The van der Waals surface area contributed by atoms with Crippen molar-refractivity contribution >= 4 is 19.6 Å². The lowest BCUT2D eigenvalue weighted by atomic mass is 10.1. The number of hydrogen-bond donors (Lipinski definition) is 2. The molecular formula is C28H28N2O3P+. The lowest BCUT2D eigenvalue weighted by Crippen LogP contribution is -2.17. The minimum atomic E-state index is -2.31. The molecule has 34 heavy (non-hydrogen) atoms. The highest BCUT2D eigenvalue weighted by molar-refractivity contribution is 7.33. The largest absolute Gasteiger partial charge is 0.697 e. The van der Waals surface area contributed by atoms with Crippen LogP contribution in [-0.2, 0) is 13.6 Å². The van der Waals surface area contributed by atoms with E-state index in [4.69, 9.17) is 9.05 Å². The van der Waals surface area contributed by atoms with E-state index < -0.39 is 8.25 Å². The van der Waals surface area contributed by atoms with Crippen molar-refractivity contribution in [1.82, 2.24) is 0 Å². The third kappa shape index (κ3) is 7.26. The van der Waals surface area contributed by atoms with Gasteiger partial charge in [0, 0.05) is 15.9 Å². The molecule has 0 saturated heterocycles. The molecule has 0 aliphatic rings. The van der Waals surface area contributed by atoms with Crippen LogP contribution in [0.5, 0.6) is 0 Å². The Balaban J connectivity index is 1.37. The molecule has 0 aliphatic carbocycles. The minimum Gasteiger partial charge on any atom is -0.376 e. The Morgan fingerprint density at radius 2 is 0.853 bits per heavy atom. The van der Waals surface area contributed by atoms with E-state index in [1.54, 1.807) is 0 Å². The van der Waals surface area contributed by atoms with Crippen molar-refractivity contribution in [2.45, 2.75) is 12.1 Å². The van der Waals surface area contributed by atoms with E-state index in [1.807, 2.05) is 121 Å². The van der Waals surface area contributed by atoms with Gasteiger partial charge in [0.05, 0.1) is 12.1 Å². The van der Waals surface area contributed by atoms with Crippen LogP contribution in [0.3, 0.4) is 0 Å². The molecule has 0 amide bonds. The smallest absolute Gasteiger partial charge is 0.376 e. The highest BCUT2D eigenvalue weighted by Gasteiger charge is 2.27. The number of rotatable bonds is 12. The van der Waals surface area contributed by atoms with Gasteiger partial charge < -0.3 is 10.6 Å². The molecule has 0 radical (unpaired) electrons. The first-order chi connectivity index (χ1) is 16.8.